The highest BCUT2D eigenvalue weighted by molar-refractivity contribution is 5.85. The van der Waals surface area contributed by atoms with Gasteiger partial charge in [0.2, 0.25) is 0 Å². The molecule has 0 aromatic carbocycles. The highest BCUT2D eigenvalue weighted by Crippen LogP contribution is 2.29. The van der Waals surface area contributed by atoms with Gasteiger partial charge in [-0.3, -0.25) is 0 Å². The highest BCUT2D eigenvalue weighted by atomic mass is 35.5. The Morgan fingerprint density at radius 3 is 2.37 bits per heavy atom. The number of likely N-dealkylation sites (tertiary alicyclic amines) is 1. The van der Waals surface area contributed by atoms with Gasteiger partial charge in [-0.05, 0) is 76.5 Å². The summed E-state index contributed by atoms with van der Waals surface area (Å²) in [4.78, 5) is 2.71. The van der Waals surface area contributed by atoms with E-state index in [1.807, 2.05) is 0 Å². The Hall–Kier alpha value is 0.170. The van der Waals surface area contributed by atoms with Gasteiger partial charge < -0.3 is 15.0 Å². The van der Waals surface area contributed by atoms with E-state index >= 15 is 0 Å². The predicted molar refractivity (Wildman–Crippen MR) is 81.0 cm³/mol. The number of ether oxygens (including phenoxy) is 1. The molecule has 3 fully saturated rings. The third-order valence-electron chi connectivity index (χ3n) is 5.10. The van der Waals surface area contributed by atoms with Gasteiger partial charge in [0, 0.05) is 13.2 Å². The summed E-state index contributed by atoms with van der Waals surface area (Å²) in [7, 11) is 0. The lowest BCUT2D eigenvalue weighted by Gasteiger charge is -2.37. The minimum atomic E-state index is 0. The third kappa shape index (κ3) is 4.32. The Morgan fingerprint density at radius 1 is 1.00 bits per heavy atom. The van der Waals surface area contributed by atoms with E-state index in [-0.39, 0.29) is 12.4 Å². The van der Waals surface area contributed by atoms with Gasteiger partial charge in [0.25, 0.3) is 0 Å². The molecule has 3 aliphatic heterocycles. The van der Waals surface area contributed by atoms with Crippen molar-refractivity contribution in [1.82, 2.24) is 10.2 Å². The van der Waals surface area contributed by atoms with Crippen LogP contribution in [0.1, 0.15) is 38.5 Å². The number of rotatable bonds is 3. The van der Waals surface area contributed by atoms with Crippen molar-refractivity contribution in [2.75, 3.05) is 39.3 Å². The first-order valence-corrected chi connectivity index (χ1v) is 7.96. The molecule has 19 heavy (non-hydrogen) atoms. The van der Waals surface area contributed by atoms with Crippen molar-refractivity contribution < 1.29 is 4.74 Å². The van der Waals surface area contributed by atoms with E-state index in [1.54, 1.807) is 0 Å². The molecule has 112 valence electrons. The Bertz CT molecular complexity index is 245. The number of hydrogen-bond donors (Lipinski definition) is 1. The molecule has 0 radical (unpaired) electrons. The standard InChI is InChI=1S/C15H28N2O.ClH/c1-2-15(18-11-1)14-5-9-17(10-6-14)12-13-3-7-16-8-4-13;/h13-16H,1-12H2;1H. The molecular formula is C15H29ClN2O. The van der Waals surface area contributed by atoms with Crippen molar-refractivity contribution in [2.24, 2.45) is 11.8 Å². The largest absolute Gasteiger partial charge is 0.378 e. The molecule has 0 bridgehead atoms. The quantitative estimate of drug-likeness (QED) is 0.862. The summed E-state index contributed by atoms with van der Waals surface area (Å²) >= 11 is 0. The van der Waals surface area contributed by atoms with E-state index in [4.69, 9.17) is 4.74 Å². The molecule has 1 N–H and O–H groups in total. The molecule has 1 atom stereocenters. The van der Waals surface area contributed by atoms with Gasteiger partial charge in [0.1, 0.15) is 0 Å². The average molecular weight is 289 g/mol. The second-order valence-corrected chi connectivity index (χ2v) is 6.38. The van der Waals surface area contributed by atoms with Crippen molar-refractivity contribution in [2.45, 2.75) is 44.6 Å². The van der Waals surface area contributed by atoms with Crippen LogP contribution in [-0.4, -0.2) is 50.3 Å². The first kappa shape index (κ1) is 15.6. The lowest BCUT2D eigenvalue weighted by Crippen LogP contribution is -2.42. The summed E-state index contributed by atoms with van der Waals surface area (Å²) in [5.74, 6) is 1.81. The van der Waals surface area contributed by atoms with Crippen LogP contribution >= 0.6 is 12.4 Å². The molecule has 3 rings (SSSR count). The van der Waals surface area contributed by atoms with Gasteiger partial charge in [-0.25, -0.2) is 0 Å². The van der Waals surface area contributed by atoms with E-state index in [0.717, 1.165) is 18.4 Å². The van der Waals surface area contributed by atoms with Gasteiger partial charge in [0.15, 0.2) is 0 Å². The van der Waals surface area contributed by atoms with Gasteiger partial charge in [-0.1, -0.05) is 0 Å². The second-order valence-electron chi connectivity index (χ2n) is 6.38. The van der Waals surface area contributed by atoms with Crippen LogP contribution in [0.15, 0.2) is 0 Å². The number of nitrogens with one attached hydrogen (secondary N) is 1. The van der Waals surface area contributed by atoms with Crippen LogP contribution in [0.25, 0.3) is 0 Å². The van der Waals surface area contributed by atoms with Crippen LogP contribution in [0.4, 0.5) is 0 Å². The number of nitrogens with zero attached hydrogens (tertiary/aromatic N) is 1. The van der Waals surface area contributed by atoms with Crippen LogP contribution in [0.3, 0.4) is 0 Å². The predicted octanol–water partition coefficient (Wildman–Crippen LogP) is 2.30. The Morgan fingerprint density at radius 2 is 1.74 bits per heavy atom. The summed E-state index contributed by atoms with van der Waals surface area (Å²) in [5.41, 5.74) is 0. The smallest absolute Gasteiger partial charge is 0.0605 e. The molecule has 3 heterocycles. The maximum atomic E-state index is 5.85. The van der Waals surface area contributed by atoms with E-state index in [0.29, 0.717) is 6.10 Å². The number of piperidine rings is 2. The summed E-state index contributed by atoms with van der Waals surface area (Å²) in [5, 5.41) is 3.46. The average Bonchev–Trinajstić information content (AvgIpc) is 2.95. The number of hydrogen-bond acceptors (Lipinski definition) is 3. The maximum absolute atomic E-state index is 5.85. The second kappa shape index (κ2) is 7.82. The Balaban J connectivity index is 0.00000133. The molecule has 0 amide bonds. The van der Waals surface area contributed by atoms with Gasteiger partial charge in [0.05, 0.1) is 6.10 Å². The van der Waals surface area contributed by atoms with Crippen molar-refractivity contribution in [1.29, 1.82) is 0 Å². The van der Waals surface area contributed by atoms with E-state index in [2.05, 4.69) is 10.2 Å². The van der Waals surface area contributed by atoms with E-state index < -0.39 is 0 Å². The van der Waals surface area contributed by atoms with E-state index in [1.165, 1.54) is 71.2 Å². The zero-order valence-electron chi connectivity index (χ0n) is 12.0. The summed E-state index contributed by atoms with van der Waals surface area (Å²) in [6.45, 7) is 7.46. The maximum Gasteiger partial charge on any atom is 0.0605 e. The van der Waals surface area contributed by atoms with Crippen molar-refractivity contribution in [3.63, 3.8) is 0 Å². The van der Waals surface area contributed by atoms with E-state index in [9.17, 15) is 0 Å². The molecule has 3 nitrogen and oxygen atoms in total. The lowest BCUT2D eigenvalue weighted by molar-refractivity contribution is 0.0282. The monoisotopic (exact) mass is 288 g/mol. The fraction of sp³-hybridized carbons (Fsp3) is 1.00. The molecular weight excluding hydrogens is 260 g/mol. The van der Waals surface area contributed by atoms with Crippen LogP contribution < -0.4 is 5.32 Å². The fourth-order valence-electron chi connectivity index (χ4n) is 3.91. The topological polar surface area (TPSA) is 24.5 Å². The zero-order chi connectivity index (χ0) is 12.2. The minimum Gasteiger partial charge on any atom is -0.378 e. The van der Waals surface area contributed by atoms with Crippen molar-refractivity contribution in [3.05, 3.63) is 0 Å². The number of halogens is 1. The molecule has 4 heteroatoms. The Labute approximate surface area is 123 Å². The van der Waals surface area contributed by atoms with Crippen molar-refractivity contribution >= 4 is 12.4 Å². The van der Waals surface area contributed by atoms with Crippen LogP contribution in [0.2, 0.25) is 0 Å². The summed E-state index contributed by atoms with van der Waals surface area (Å²) < 4.78 is 5.85. The first-order valence-electron chi connectivity index (χ1n) is 7.96. The SMILES string of the molecule is C1COC(C2CCN(CC3CCNCC3)CC2)C1.Cl. The first-order chi connectivity index (χ1) is 8.92. The fourth-order valence-corrected chi connectivity index (χ4v) is 3.91. The van der Waals surface area contributed by atoms with Crippen molar-refractivity contribution in [3.8, 4) is 0 Å². The third-order valence-corrected chi connectivity index (χ3v) is 5.10. The molecule has 1 unspecified atom stereocenters. The van der Waals surface area contributed by atoms with Crippen LogP contribution in [0.5, 0.6) is 0 Å². The summed E-state index contributed by atoms with van der Waals surface area (Å²) in [6.07, 6.45) is 8.72. The van der Waals surface area contributed by atoms with Gasteiger partial charge in [-0.2, -0.15) is 0 Å². The molecule has 0 saturated carbocycles. The van der Waals surface area contributed by atoms with Gasteiger partial charge >= 0.3 is 0 Å². The van der Waals surface area contributed by atoms with Crippen LogP contribution in [-0.2, 0) is 4.74 Å². The van der Waals surface area contributed by atoms with Crippen LogP contribution in [0, 0.1) is 11.8 Å². The zero-order valence-corrected chi connectivity index (χ0v) is 12.8. The Kier molecular flexibility index (Phi) is 6.40. The molecule has 0 spiro atoms. The highest BCUT2D eigenvalue weighted by Gasteiger charge is 2.30. The minimum absolute atomic E-state index is 0. The molecule has 3 saturated heterocycles. The molecule has 0 aromatic heterocycles. The normalized spacial score (nSPS) is 31.3. The lowest BCUT2D eigenvalue weighted by atomic mass is 9.89. The molecule has 0 aromatic rings. The van der Waals surface area contributed by atoms with Gasteiger partial charge in [-0.15, -0.1) is 12.4 Å². The molecule has 0 aliphatic carbocycles. The summed E-state index contributed by atoms with van der Waals surface area (Å²) in [6, 6.07) is 0. The molecule has 3 aliphatic rings.